The third-order valence-electron chi connectivity index (χ3n) is 4.84. The average molecular weight is 495 g/mol. The molecular weight excluding hydrogens is 469 g/mol. The van der Waals surface area contributed by atoms with Crippen LogP contribution in [0.3, 0.4) is 0 Å². The number of hydrogen-bond donors (Lipinski definition) is 0. The largest absolute Gasteiger partial charge is 0.494 e. The molecule has 7 heteroatoms. The number of amides is 1. The maximum Gasteiger partial charge on any atom is 0.270 e. The van der Waals surface area contributed by atoms with Crippen molar-refractivity contribution in [2.75, 3.05) is 11.5 Å². The van der Waals surface area contributed by atoms with Crippen LogP contribution in [0.15, 0.2) is 47.4 Å². The Morgan fingerprint density at radius 2 is 1.65 bits per heavy atom. The van der Waals surface area contributed by atoms with Crippen LogP contribution in [-0.4, -0.2) is 16.8 Å². The quantitative estimate of drug-likeness (QED) is 0.189. The van der Waals surface area contributed by atoms with Gasteiger partial charge in [0.1, 0.15) is 5.75 Å². The van der Waals surface area contributed by atoms with Crippen LogP contribution in [0.25, 0.3) is 6.08 Å². The highest BCUT2D eigenvalue weighted by molar-refractivity contribution is 8.27. The number of unbranched alkanes of at least 4 members (excludes halogenated alkanes) is 5. The van der Waals surface area contributed by atoms with E-state index < -0.39 is 0 Å². The molecule has 0 aliphatic carbocycles. The number of ether oxygens (including phenoxy) is 1. The molecule has 164 valence electrons. The third kappa shape index (κ3) is 6.98. The molecular formula is C24H25Cl2NO2S2. The second-order valence-corrected chi connectivity index (χ2v) is 9.88. The smallest absolute Gasteiger partial charge is 0.270 e. The minimum absolute atomic E-state index is 0.184. The van der Waals surface area contributed by atoms with E-state index in [1.165, 1.54) is 48.8 Å². The van der Waals surface area contributed by atoms with Gasteiger partial charge in [-0.15, -0.1) is 0 Å². The predicted octanol–water partition coefficient (Wildman–Crippen LogP) is 8.14. The first-order chi connectivity index (χ1) is 15.0. The second kappa shape index (κ2) is 11.9. The minimum Gasteiger partial charge on any atom is -0.494 e. The summed E-state index contributed by atoms with van der Waals surface area (Å²) < 4.78 is 6.28. The standard InChI is InChI=1S/C24H25Cl2NO2S2/c1-2-3-4-5-6-7-12-29-21-10-8-17(9-11-21)13-22-23(28)27(24(30)31-22)20-15-18(25)14-19(26)16-20/h8-11,13-16H,2-7,12H2,1H3/b22-13-. The third-order valence-corrected chi connectivity index (χ3v) is 6.58. The van der Waals surface area contributed by atoms with Gasteiger partial charge in [0.25, 0.3) is 5.91 Å². The zero-order valence-corrected chi connectivity index (χ0v) is 20.5. The van der Waals surface area contributed by atoms with Gasteiger partial charge in [-0.05, 0) is 48.4 Å². The first-order valence-electron chi connectivity index (χ1n) is 10.4. The van der Waals surface area contributed by atoms with Crippen molar-refractivity contribution in [1.29, 1.82) is 0 Å². The molecule has 0 N–H and O–H groups in total. The second-order valence-electron chi connectivity index (χ2n) is 7.33. The lowest BCUT2D eigenvalue weighted by Crippen LogP contribution is -2.27. The molecule has 0 bridgehead atoms. The van der Waals surface area contributed by atoms with Gasteiger partial charge in [-0.3, -0.25) is 9.69 Å². The van der Waals surface area contributed by atoms with Gasteiger partial charge in [0.15, 0.2) is 4.32 Å². The van der Waals surface area contributed by atoms with E-state index in [4.69, 9.17) is 40.2 Å². The molecule has 0 saturated carbocycles. The van der Waals surface area contributed by atoms with E-state index in [0.717, 1.165) is 24.3 Å². The van der Waals surface area contributed by atoms with Crippen molar-refractivity contribution in [3.8, 4) is 5.75 Å². The molecule has 31 heavy (non-hydrogen) atoms. The SMILES string of the molecule is CCCCCCCCOc1ccc(/C=C2\SC(=S)N(c3cc(Cl)cc(Cl)c3)C2=O)cc1. The van der Waals surface area contributed by atoms with Crippen LogP contribution in [0.4, 0.5) is 5.69 Å². The number of halogens is 2. The van der Waals surface area contributed by atoms with Gasteiger partial charge < -0.3 is 4.74 Å². The minimum atomic E-state index is -0.184. The summed E-state index contributed by atoms with van der Waals surface area (Å²) in [6.45, 7) is 2.95. The molecule has 1 aliphatic rings. The van der Waals surface area contributed by atoms with Crippen molar-refractivity contribution in [3.63, 3.8) is 0 Å². The molecule has 1 heterocycles. The molecule has 0 radical (unpaired) electrons. The number of hydrogen-bond acceptors (Lipinski definition) is 4. The summed E-state index contributed by atoms with van der Waals surface area (Å²) in [7, 11) is 0. The van der Waals surface area contributed by atoms with Gasteiger partial charge in [0.05, 0.1) is 17.2 Å². The van der Waals surface area contributed by atoms with E-state index >= 15 is 0 Å². The van der Waals surface area contributed by atoms with E-state index in [9.17, 15) is 4.79 Å². The van der Waals surface area contributed by atoms with Crippen molar-refractivity contribution in [2.45, 2.75) is 45.4 Å². The Labute approximate surface area is 203 Å². The van der Waals surface area contributed by atoms with Gasteiger partial charge in [-0.2, -0.15) is 0 Å². The topological polar surface area (TPSA) is 29.5 Å². The Kier molecular flexibility index (Phi) is 9.27. The summed E-state index contributed by atoms with van der Waals surface area (Å²) in [6, 6.07) is 12.7. The van der Waals surface area contributed by atoms with Crippen LogP contribution in [-0.2, 0) is 4.79 Å². The van der Waals surface area contributed by atoms with Gasteiger partial charge in [0, 0.05) is 10.0 Å². The number of thiocarbonyl (C=S) groups is 1. The summed E-state index contributed by atoms with van der Waals surface area (Å²) in [5.41, 5.74) is 1.48. The van der Waals surface area contributed by atoms with E-state index in [0.29, 0.717) is 25.0 Å². The number of rotatable bonds is 10. The zero-order chi connectivity index (χ0) is 22.2. The molecule has 1 fully saturated rings. The van der Waals surface area contributed by atoms with Crippen LogP contribution in [0.2, 0.25) is 10.0 Å². The number of benzene rings is 2. The Balaban J connectivity index is 1.58. The molecule has 0 aromatic heterocycles. The highest BCUT2D eigenvalue weighted by Gasteiger charge is 2.33. The Bertz CT molecular complexity index is 940. The van der Waals surface area contributed by atoms with Crippen molar-refractivity contribution in [3.05, 3.63) is 63.0 Å². The van der Waals surface area contributed by atoms with E-state index in [2.05, 4.69) is 6.92 Å². The lowest BCUT2D eigenvalue weighted by atomic mass is 10.1. The van der Waals surface area contributed by atoms with Crippen molar-refractivity contribution < 1.29 is 9.53 Å². The van der Waals surface area contributed by atoms with Gasteiger partial charge in [0.2, 0.25) is 0 Å². The Hall–Kier alpha value is -1.53. The molecule has 0 atom stereocenters. The number of anilines is 1. The molecule has 3 nitrogen and oxygen atoms in total. The van der Waals surface area contributed by atoms with Crippen molar-refractivity contribution in [1.82, 2.24) is 0 Å². The zero-order valence-electron chi connectivity index (χ0n) is 17.4. The molecule has 1 aliphatic heterocycles. The molecule has 0 spiro atoms. The van der Waals surface area contributed by atoms with E-state index in [-0.39, 0.29) is 5.91 Å². The van der Waals surface area contributed by atoms with E-state index in [1.807, 2.05) is 30.3 Å². The highest BCUT2D eigenvalue weighted by Crippen LogP contribution is 2.38. The summed E-state index contributed by atoms with van der Waals surface area (Å²) in [4.78, 5) is 14.9. The molecule has 2 aromatic rings. The van der Waals surface area contributed by atoms with Crippen LogP contribution >= 0.6 is 47.2 Å². The summed E-state index contributed by atoms with van der Waals surface area (Å²) in [5.74, 6) is 0.656. The lowest BCUT2D eigenvalue weighted by molar-refractivity contribution is -0.113. The number of thioether (sulfide) groups is 1. The maximum atomic E-state index is 12.9. The number of carbonyl (C=O) groups is 1. The Morgan fingerprint density at radius 1 is 1.00 bits per heavy atom. The molecule has 0 unspecified atom stereocenters. The molecule has 3 rings (SSSR count). The molecule has 1 amide bonds. The first-order valence-corrected chi connectivity index (χ1v) is 12.4. The maximum absolute atomic E-state index is 12.9. The summed E-state index contributed by atoms with van der Waals surface area (Å²) >= 11 is 18.8. The molecule has 2 aromatic carbocycles. The van der Waals surface area contributed by atoms with Gasteiger partial charge in [-0.1, -0.05) is 98.3 Å². The van der Waals surface area contributed by atoms with Crippen LogP contribution in [0.1, 0.15) is 51.0 Å². The molecule has 1 saturated heterocycles. The van der Waals surface area contributed by atoms with Crippen LogP contribution < -0.4 is 9.64 Å². The van der Waals surface area contributed by atoms with Crippen molar-refractivity contribution in [2.24, 2.45) is 0 Å². The fourth-order valence-electron chi connectivity index (χ4n) is 3.24. The monoisotopic (exact) mass is 493 g/mol. The first kappa shape index (κ1) is 24.1. The van der Waals surface area contributed by atoms with Crippen LogP contribution in [0, 0.1) is 0 Å². The number of nitrogens with zero attached hydrogens (tertiary/aromatic N) is 1. The lowest BCUT2D eigenvalue weighted by Gasteiger charge is -2.15. The normalized spacial score (nSPS) is 15.2. The number of carbonyl (C=O) groups excluding carboxylic acids is 1. The summed E-state index contributed by atoms with van der Waals surface area (Å²) in [5, 5.41) is 0.911. The predicted molar refractivity (Wildman–Crippen MR) is 137 cm³/mol. The van der Waals surface area contributed by atoms with Gasteiger partial charge >= 0.3 is 0 Å². The van der Waals surface area contributed by atoms with Crippen LogP contribution in [0.5, 0.6) is 5.75 Å². The fraction of sp³-hybridized carbons (Fsp3) is 0.333. The average Bonchev–Trinajstić information content (AvgIpc) is 3.00. The van der Waals surface area contributed by atoms with E-state index in [1.54, 1.807) is 18.2 Å². The Morgan fingerprint density at radius 3 is 2.32 bits per heavy atom. The van der Waals surface area contributed by atoms with Crippen molar-refractivity contribution >= 4 is 69.2 Å². The summed E-state index contributed by atoms with van der Waals surface area (Å²) in [6.07, 6.45) is 9.27. The van der Waals surface area contributed by atoms with Gasteiger partial charge in [-0.25, -0.2) is 0 Å². The highest BCUT2D eigenvalue weighted by atomic mass is 35.5. The fourth-order valence-corrected chi connectivity index (χ4v) is 5.06.